The maximum Gasteiger partial charge on any atom is 0.351 e. The third-order valence-corrected chi connectivity index (χ3v) is 5.59. The van der Waals surface area contributed by atoms with E-state index in [1.165, 1.54) is 38.0 Å². The van der Waals surface area contributed by atoms with Gasteiger partial charge in [-0.05, 0) is 29.8 Å². The van der Waals surface area contributed by atoms with Gasteiger partial charge in [-0.3, -0.25) is 4.79 Å². The number of nitrogens with zero attached hydrogens (tertiary/aromatic N) is 1. The van der Waals surface area contributed by atoms with Gasteiger partial charge in [0.2, 0.25) is 0 Å². The zero-order chi connectivity index (χ0) is 23.3. The van der Waals surface area contributed by atoms with Gasteiger partial charge in [0, 0.05) is 25.3 Å². The van der Waals surface area contributed by atoms with Crippen molar-refractivity contribution in [3.05, 3.63) is 76.6 Å². The Bertz CT molecular complexity index is 1010. The molecule has 32 heavy (non-hydrogen) atoms. The first kappa shape index (κ1) is 23.3. The van der Waals surface area contributed by atoms with Crippen LogP contribution in [0.3, 0.4) is 0 Å². The molecule has 0 radical (unpaired) electrons. The normalized spacial score (nSPS) is 14.9. The van der Waals surface area contributed by atoms with Crippen LogP contribution in [0, 0.1) is 5.82 Å². The Labute approximate surface area is 189 Å². The van der Waals surface area contributed by atoms with Crippen molar-refractivity contribution in [1.82, 2.24) is 0 Å². The SMILES string of the molecule is COC(=O)CN(C(SCc1ccc(F)cc1)=C1C(=O)OC(C)(C)OC1=O)c1ccccc1. The minimum Gasteiger partial charge on any atom is -0.468 e. The summed E-state index contributed by atoms with van der Waals surface area (Å²) in [6.45, 7) is 2.64. The van der Waals surface area contributed by atoms with E-state index in [4.69, 9.17) is 14.2 Å². The fraction of sp³-hybridized carbons (Fsp3) is 0.261. The van der Waals surface area contributed by atoms with Gasteiger partial charge in [0.25, 0.3) is 5.79 Å². The van der Waals surface area contributed by atoms with Crippen LogP contribution in [0.4, 0.5) is 10.1 Å². The number of ether oxygens (including phenoxy) is 3. The lowest BCUT2D eigenvalue weighted by Crippen LogP contribution is -2.44. The van der Waals surface area contributed by atoms with Crippen LogP contribution >= 0.6 is 11.8 Å². The van der Waals surface area contributed by atoms with Crippen LogP contribution in [0.5, 0.6) is 0 Å². The van der Waals surface area contributed by atoms with E-state index in [2.05, 4.69) is 0 Å². The molecule has 0 aliphatic carbocycles. The van der Waals surface area contributed by atoms with Gasteiger partial charge in [-0.2, -0.15) is 0 Å². The van der Waals surface area contributed by atoms with E-state index in [-0.39, 0.29) is 28.7 Å². The third kappa shape index (κ3) is 5.67. The van der Waals surface area contributed by atoms with Crippen molar-refractivity contribution in [2.24, 2.45) is 0 Å². The summed E-state index contributed by atoms with van der Waals surface area (Å²) in [5.41, 5.74) is 0.972. The lowest BCUT2D eigenvalue weighted by Gasteiger charge is -2.33. The molecule has 0 atom stereocenters. The van der Waals surface area contributed by atoms with Gasteiger partial charge in [0.1, 0.15) is 12.4 Å². The van der Waals surface area contributed by atoms with E-state index in [0.717, 1.165) is 17.3 Å². The van der Waals surface area contributed by atoms with Crippen LogP contribution in [0.2, 0.25) is 0 Å². The molecule has 7 nitrogen and oxygen atoms in total. The Hall–Kier alpha value is -3.33. The fourth-order valence-electron chi connectivity index (χ4n) is 2.93. The largest absolute Gasteiger partial charge is 0.468 e. The summed E-state index contributed by atoms with van der Waals surface area (Å²) in [6.07, 6.45) is 0. The lowest BCUT2D eigenvalue weighted by molar-refractivity contribution is -0.222. The number of carbonyl (C=O) groups excluding carboxylic acids is 3. The Kier molecular flexibility index (Phi) is 7.19. The highest BCUT2D eigenvalue weighted by Gasteiger charge is 2.42. The quantitative estimate of drug-likeness (QED) is 0.352. The van der Waals surface area contributed by atoms with Crippen LogP contribution in [-0.2, 0) is 34.3 Å². The molecule has 0 N–H and O–H groups in total. The Balaban J connectivity index is 2.08. The molecule has 0 aromatic heterocycles. The van der Waals surface area contributed by atoms with Crippen molar-refractivity contribution in [2.45, 2.75) is 25.4 Å². The van der Waals surface area contributed by atoms with Gasteiger partial charge in [-0.25, -0.2) is 14.0 Å². The summed E-state index contributed by atoms with van der Waals surface area (Å²) in [7, 11) is 1.25. The zero-order valence-electron chi connectivity index (χ0n) is 17.8. The first-order valence-corrected chi connectivity index (χ1v) is 10.7. The number of rotatable bonds is 7. The number of halogens is 1. The Morgan fingerprint density at radius 2 is 1.62 bits per heavy atom. The topological polar surface area (TPSA) is 82.1 Å². The zero-order valence-corrected chi connectivity index (χ0v) is 18.6. The van der Waals surface area contributed by atoms with Crippen molar-refractivity contribution in [3.8, 4) is 0 Å². The van der Waals surface area contributed by atoms with Gasteiger partial charge in [-0.1, -0.05) is 30.3 Å². The third-order valence-electron chi connectivity index (χ3n) is 4.42. The van der Waals surface area contributed by atoms with Gasteiger partial charge in [0.15, 0.2) is 5.57 Å². The molecule has 0 saturated carbocycles. The molecule has 1 fully saturated rings. The molecule has 1 saturated heterocycles. The van der Waals surface area contributed by atoms with Crippen molar-refractivity contribution < 1.29 is 33.0 Å². The van der Waals surface area contributed by atoms with E-state index in [9.17, 15) is 18.8 Å². The summed E-state index contributed by atoms with van der Waals surface area (Å²) in [6, 6.07) is 14.6. The van der Waals surface area contributed by atoms with Crippen LogP contribution in [0.1, 0.15) is 19.4 Å². The highest BCUT2D eigenvalue weighted by atomic mass is 32.2. The standard InChI is InChI=1S/C23H22FNO6S/c1-23(2)30-21(27)19(22(28)31-23)20(32-14-15-9-11-16(24)12-10-15)25(13-18(26)29-3)17-7-5-4-6-8-17/h4-12H,13-14H2,1-3H3. The Morgan fingerprint density at radius 1 is 1.03 bits per heavy atom. The average molecular weight is 459 g/mol. The maximum absolute atomic E-state index is 13.3. The maximum atomic E-state index is 13.3. The highest BCUT2D eigenvalue weighted by molar-refractivity contribution is 8.02. The number of hydrogen-bond donors (Lipinski definition) is 0. The monoisotopic (exact) mass is 459 g/mol. The number of benzene rings is 2. The Morgan fingerprint density at radius 3 is 2.19 bits per heavy atom. The number of thioether (sulfide) groups is 1. The van der Waals surface area contributed by atoms with E-state index < -0.39 is 23.7 Å². The van der Waals surface area contributed by atoms with Gasteiger partial charge in [-0.15, -0.1) is 11.8 Å². The molecule has 3 rings (SSSR count). The van der Waals surface area contributed by atoms with E-state index >= 15 is 0 Å². The first-order valence-electron chi connectivity index (χ1n) is 9.68. The molecule has 1 aliphatic rings. The molecular weight excluding hydrogens is 437 g/mol. The predicted molar refractivity (Wildman–Crippen MR) is 117 cm³/mol. The summed E-state index contributed by atoms with van der Waals surface area (Å²) < 4.78 is 28.7. The second-order valence-electron chi connectivity index (χ2n) is 7.27. The van der Waals surface area contributed by atoms with Crippen LogP contribution in [0.25, 0.3) is 0 Å². The van der Waals surface area contributed by atoms with E-state index in [1.54, 1.807) is 42.5 Å². The molecule has 0 unspecified atom stereocenters. The lowest BCUT2D eigenvalue weighted by atomic mass is 10.2. The molecule has 1 heterocycles. The molecule has 2 aromatic rings. The van der Waals surface area contributed by atoms with Gasteiger partial charge in [0.05, 0.1) is 12.1 Å². The number of methoxy groups -OCH3 is 1. The van der Waals surface area contributed by atoms with E-state index in [0.29, 0.717) is 5.69 Å². The van der Waals surface area contributed by atoms with Crippen molar-refractivity contribution in [1.29, 1.82) is 0 Å². The number of carbonyl (C=O) groups is 3. The minimum atomic E-state index is -1.41. The van der Waals surface area contributed by atoms with Crippen LogP contribution in [0.15, 0.2) is 65.2 Å². The second kappa shape index (κ2) is 9.86. The first-order chi connectivity index (χ1) is 15.2. The molecule has 168 valence electrons. The molecule has 9 heteroatoms. The fourth-order valence-corrected chi connectivity index (χ4v) is 4.06. The summed E-state index contributed by atoms with van der Waals surface area (Å²) >= 11 is 1.12. The van der Waals surface area contributed by atoms with Crippen LogP contribution < -0.4 is 4.90 Å². The molecule has 1 aliphatic heterocycles. The van der Waals surface area contributed by atoms with Gasteiger partial charge < -0.3 is 19.1 Å². The molecule has 0 bridgehead atoms. The smallest absolute Gasteiger partial charge is 0.351 e. The van der Waals surface area contributed by atoms with Crippen molar-refractivity contribution >= 4 is 35.4 Å². The predicted octanol–water partition coefficient (Wildman–Crippen LogP) is 3.79. The summed E-state index contributed by atoms with van der Waals surface area (Å²) in [4.78, 5) is 39.3. The number of anilines is 1. The number of para-hydroxylation sites is 1. The highest BCUT2D eigenvalue weighted by Crippen LogP contribution is 2.35. The molecule has 0 amide bonds. The molecule has 2 aromatic carbocycles. The van der Waals surface area contributed by atoms with Crippen molar-refractivity contribution in [2.75, 3.05) is 18.6 Å². The summed E-state index contributed by atoms with van der Waals surface area (Å²) in [5.74, 6) is -3.81. The summed E-state index contributed by atoms with van der Waals surface area (Å²) in [5, 5.41) is 0.163. The van der Waals surface area contributed by atoms with Crippen LogP contribution in [-0.4, -0.2) is 37.3 Å². The minimum absolute atomic E-state index is 0.163. The second-order valence-corrected chi connectivity index (χ2v) is 8.24. The van der Waals surface area contributed by atoms with E-state index in [1.807, 2.05) is 0 Å². The molecular formula is C23H22FNO6S. The number of esters is 3. The number of cyclic esters (lactones) is 2. The van der Waals surface area contributed by atoms with Crippen molar-refractivity contribution in [3.63, 3.8) is 0 Å². The number of hydrogen-bond acceptors (Lipinski definition) is 8. The molecule has 0 spiro atoms. The van der Waals surface area contributed by atoms with Gasteiger partial charge >= 0.3 is 17.9 Å². The average Bonchev–Trinajstić information content (AvgIpc) is 2.75.